The Labute approximate surface area is 94.0 Å². The van der Waals surface area contributed by atoms with Gasteiger partial charge in [-0.1, -0.05) is 19.0 Å². The van der Waals surface area contributed by atoms with Crippen molar-refractivity contribution in [2.45, 2.75) is 25.5 Å². The van der Waals surface area contributed by atoms with Crippen molar-refractivity contribution in [2.24, 2.45) is 5.92 Å². The van der Waals surface area contributed by atoms with Crippen LogP contribution in [0, 0.1) is 5.92 Å². The van der Waals surface area contributed by atoms with Gasteiger partial charge < -0.3 is 9.84 Å². The van der Waals surface area contributed by atoms with Crippen molar-refractivity contribution in [1.82, 2.24) is 15.5 Å². The lowest BCUT2D eigenvalue weighted by atomic mass is 10.1. The minimum atomic E-state index is -0.268. The molecule has 0 spiro atoms. The molecule has 15 heavy (non-hydrogen) atoms. The van der Waals surface area contributed by atoms with Crippen LogP contribution in [0.4, 0.5) is 0 Å². The van der Waals surface area contributed by atoms with Crippen molar-refractivity contribution in [1.29, 1.82) is 0 Å². The first kappa shape index (κ1) is 12.0. The zero-order valence-corrected chi connectivity index (χ0v) is 9.70. The van der Waals surface area contributed by atoms with Gasteiger partial charge in [-0.15, -0.1) is 0 Å². The average Bonchev–Trinajstić information content (AvgIpc) is 2.69. The molecule has 1 unspecified atom stereocenters. The molecule has 1 amide bonds. The fourth-order valence-corrected chi connectivity index (χ4v) is 1.10. The Hall–Kier alpha value is -1.04. The third-order valence-corrected chi connectivity index (χ3v) is 2.79. The number of amides is 1. The van der Waals surface area contributed by atoms with E-state index in [0.29, 0.717) is 18.8 Å². The highest BCUT2D eigenvalue weighted by molar-refractivity contribution is 7.81. The third-order valence-electron chi connectivity index (χ3n) is 1.95. The molecule has 1 N–H and O–H groups in total. The second kappa shape index (κ2) is 5.75. The predicted molar refractivity (Wildman–Crippen MR) is 58.6 cm³/mol. The molecule has 0 aromatic carbocycles. The van der Waals surface area contributed by atoms with E-state index in [0.717, 1.165) is 0 Å². The largest absolute Gasteiger partial charge is 0.355 e. The fourth-order valence-electron chi connectivity index (χ4n) is 1.01. The van der Waals surface area contributed by atoms with Gasteiger partial charge in [-0.2, -0.15) is 17.6 Å². The summed E-state index contributed by atoms with van der Waals surface area (Å²) in [4.78, 5) is 15.3. The van der Waals surface area contributed by atoms with Crippen molar-refractivity contribution >= 4 is 18.5 Å². The van der Waals surface area contributed by atoms with Gasteiger partial charge in [0.05, 0.1) is 5.25 Å². The highest BCUT2D eigenvalue weighted by Gasteiger charge is 2.16. The molecule has 0 aliphatic heterocycles. The van der Waals surface area contributed by atoms with Crippen molar-refractivity contribution in [3.05, 3.63) is 12.2 Å². The van der Waals surface area contributed by atoms with Gasteiger partial charge in [-0.3, -0.25) is 4.79 Å². The maximum absolute atomic E-state index is 11.5. The molecule has 5 nitrogen and oxygen atoms in total. The number of nitrogens with one attached hydrogen (secondary N) is 1. The number of aromatic nitrogens is 2. The second-order valence-corrected chi connectivity index (χ2v) is 4.13. The van der Waals surface area contributed by atoms with Gasteiger partial charge in [0.25, 0.3) is 0 Å². The Kier molecular flexibility index (Phi) is 4.61. The third kappa shape index (κ3) is 3.91. The van der Waals surface area contributed by atoms with Crippen LogP contribution in [0.3, 0.4) is 0 Å². The maximum atomic E-state index is 11.5. The number of hydrogen-bond acceptors (Lipinski definition) is 5. The van der Waals surface area contributed by atoms with E-state index in [-0.39, 0.29) is 17.1 Å². The van der Waals surface area contributed by atoms with Crippen LogP contribution in [0.15, 0.2) is 10.9 Å². The summed E-state index contributed by atoms with van der Waals surface area (Å²) in [6.07, 6.45) is 1.84. The van der Waals surface area contributed by atoms with E-state index >= 15 is 0 Å². The molecule has 1 rings (SSSR count). The summed E-state index contributed by atoms with van der Waals surface area (Å²) in [5.41, 5.74) is 0. The summed E-state index contributed by atoms with van der Waals surface area (Å²) < 4.78 is 4.57. The van der Waals surface area contributed by atoms with Crippen LogP contribution in [0.2, 0.25) is 0 Å². The SMILES string of the molecule is CC(C)C(S)C(=O)NCCc1ncon1. The van der Waals surface area contributed by atoms with E-state index in [1.165, 1.54) is 6.39 Å². The fraction of sp³-hybridized carbons (Fsp3) is 0.667. The van der Waals surface area contributed by atoms with Crippen molar-refractivity contribution in [3.8, 4) is 0 Å². The molecular formula is C9H15N3O2S. The Balaban J connectivity index is 2.23. The Morgan fingerprint density at radius 2 is 2.40 bits per heavy atom. The summed E-state index contributed by atoms with van der Waals surface area (Å²) in [7, 11) is 0. The van der Waals surface area contributed by atoms with E-state index in [1.807, 2.05) is 13.8 Å². The van der Waals surface area contributed by atoms with E-state index in [1.54, 1.807) is 0 Å². The molecule has 1 atom stereocenters. The van der Waals surface area contributed by atoms with Crippen LogP contribution < -0.4 is 5.32 Å². The minimum Gasteiger partial charge on any atom is -0.355 e. The topological polar surface area (TPSA) is 68.0 Å². The summed E-state index contributed by atoms with van der Waals surface area (Å²) in [5, 5.41) is 6.13. The van der Waals surface area contributed by atoms with E-state index in [4.69, 9.17) is 0 Å². The number of carbonyl (C=O) groups excluding carboxylic acids is 1. The Bertz CT molecular complexity index is 300. The first-order chi connectivity index (χ1) is 7.11. The summed E-state index contributed by atoms with van der Waals surface area (Å²) in [5.74, 6) is 0.755. The molecule has 6 heteroatoms. The van der Waals surface area contributed by atoms with Crippen molar-refractivity contribution in [3.63, 3.8) is 0 Å². The molecule has 1 aromatic heterocycles. The molecule has 0 aliphatic rings. The van der Waals surface area contributed by atoms with Crippen LogP contribution in [0.5, 0.6) is 0 Å². The molecule has 1 aromatic rings. The molecule has 0 aliphatic carbocycles. The zero-order chi connectivity index (χ0) is 11.3. The number of carbonyl (C=O) groups is 1. The first-order valence-electron chi connectivity index (χ1n) is 4.82. The number of hydrogen-bond donors (Lipinski definition) is 2. The first-order valence-corrected chi connectivity index (χ1v) is 5.34. The number of thiol groups is 1. The molecule has 0 saturated heterocycles. The van der Waals surface area contributed by atoms with Gasteiger partial charge in [0.1, 0.15) is 0 Å². The number of rotatable bonds is 5. The second-order valence-electron chi connectivity index (χ2n) is 3.58. The molecule has 1 heterocycles. The van der Waals surface area contributed by atoms with Gasteiger partial charge in [0.2, 0.25) is 12.3 Å². The Morgan fingerprint density at radius 1 is 1.67 bits per heavy atom. The Morgan fingerprint density at radius 3 is 2.93 bits per heavy atom. The highest BCUT2D eigenvalue weighted by atomic mass is 32.1. The standard InChI is InChI=1S/C9H15N3O2S/c1-6(2)8(15)9(13)10-4-3-7-11-5-14-12-7/h5-6,8,15H,3-4H2,1-2H3,(H,10,13). The lowest BCUT2D eigenvalue weighted by Crippen LogP contribution is -2.35. The minimum absolute atomic E-state index is 0.0585. The van der Waals surface area contributed by atoms with Crippen LogP contribution in [-0.2, 0) is 11.2 Å². The van der Waals surface area contributed by atoms with E-state index in [2.05, 4.69) is 32.6 Å². The quantitative estimate of drug-likeness (QED) is 0.729. The summed E-state index contributed by atoms with van der Waals surface area (Å²) >= 11 is 4.21. The predicted octanol–water partition coefficient (Wildman–Crippen LogP) is 0.683. The van der Waals surface area contributed by atoms with Crippen LogP contribution in [0.1, 0.15) is 19.7 Å². The van der Waals surface area contributed by atoms with Gasteiger partial charge in [0, 0.05) is 13.0 Å². The van der Waals surface area contributed by atoms with Crippen LogP contribution >= 0.6 is 12.6 Å². The normalized spacial score (nSPS) is 12.8. The maximum Gasteiger partial charge on any atom is 0.233 e. The van der Waals surface area contributed by atoms with Gasteiger partial charge in [-0.05, 0) is 5.92 Å². The smallest absolute Gasteiger partial charge is 0.233 e. The van der Waals surface area contributed by atoms with Gasteiger partial charge in [-0.25, -0.2) is 0 Å². The number of nitrogens with zero attached hydrogens (tertiary/aromatic N) is 2. The molecule has 0 saturated carbocycles. The highest BCUT2D eigenvalue weighted by Crippen LogP contribution is 2.08. The summed E-state index contributed by atoms with van der Waals surface area (Å²) in [6, 6.07) is 0. The molecule has 0 radical (unpaired) electrons. The van der Waals surface area contributed by atoms with Gasteiger partial charge in [0.15, 0.2) is 5.82 Å². The molecule has 0 bridgehead atoms. The molecule has 0 fully saturated rings. The molecule has 84 valence electrons. The molecular weight excluding hydrogens is 214 g/mol. The van der Waals surface area contributed by atoms with Crippen LogP contribution in [0.25, 0.3) is 0 Å². The lowest BCUT2D eigenvalue weighted by Gasteiger charge is -2.13. The zero-order valence-electron chi connectivity index (χ0n) is 8.80. The van der Waals surface area contributed by atoms with Gasteiger partial charge >= 0.3 is 0 Å². The average molecular weight is 229 g/mol. The van der Waals surface area contributed by atoms with E-state index in [9.17, 15) is 4.79 Å². The van der Waals surface area contributed by atoms with Crippen molar-refractivity contribution in [2.75, 3.05) is 6.54 Å². The van der Waals surface area contributed by atoms with E-state index < -0.39 is 0 Å². The van der Waals surface area contributed by atoms with Crippen LogP contribution in [-0.4, -0.2) is 27.8 Å². The monoisotopic (exact) mass is 229 g/mol. The lowest BCUT2D eigenvalue weighted by molar-refractivity contribution is -0.121. The van der Waals surface area contributed by atoms with Crippen molar-refractivity contribution < 1.29 is 9.32 Å². The summed E-state index contributed by atoms with van der Waals surface area (Å²) in [6.45, 7) is 4.41.